The molecule has 0 bridgehead atoms. The normalized spacial score (nSPS) is 46.1. The molecule has 2 unspecified atom stereocenters. The van der Waals surface area contributed by atoms with Gasteiger partial charge in [-0.15, -0.1) is 0 Å². The van der Waals surface area contributed by atoms with Crippen molar-refractivity contribution in [3.8, 4) is 0 Å². The molecule has 2 saturated carbocycles. The van der Waals surface area contributed by atoms with Crippen molar-refractivity contribution in [1.82, 2.24) is 0 Å². The third-order valence-corrected chi connectivity index (χ3v) is 2.65. The van der Waals surface area contributed by atoms with Gasteiger partial charge in [-0.25, -0.2) is 0 Å². The van der Waals surface area contributed by atoms with Crippen LogP contribution in [-0.2, 0) is 0 Å². The number of hydrogen-bond donors (Lipinski definition) is 1. The van der Waals surface area contributed by atoms with Crippen LogP contribution in [0, 0.1) is 11.8 Å². The third kappa shape index (κ3) is 0.576. The van der Waals surface area contributed by atoms with Crippen molar-refractivity contribution in [3.05, 3.63) is 0 Å². The molecule has 0 aromatic rings. The Morgan fingerprint density at radius 1 is 1.25 bits per heavy atom. The number of hydrogen-bond acceptors (Lipinski definition) is 1. The highest BCUT2D eigenvalue weighted by Gasteiger charge is 2.42. The predicted molar refractivity (Wildman–Crippen MR) is 33.4 cm³/mol. The highest BCUT2D eigenvalue weighted by Crippen LogP contribution is 2.45. The number of rotatable bonds is 1. The summed E-state index contributed by atoms with van der Waals surface area (Å²) in [7, 11) is 0. The SMILES string of the molecule is NC1CC1C1CCC1. The van der Waals surface area contributed by atoms with E-state index >= 15 is 0 Å². The zero-order valence-electron chi connectivity index (χ0n) is 5.14. The minimum absolute atomic E-state index is 0.597. The van der Waals surface area contributed by atoms with Crippen molar-refractivity contribution >= 4 is 0 Å². The van der Waals surface area contributed by atoms with Crippen LogP contribution in [0.3, 0.4) is 0 Å². The second-order valence-electron chi connectivity index (χ2n) is 3.25. The molecule has 2 aliphatic carbocycles. The monoisotopic (exact) mass is 111 g/mol. The molecule has 2 aliphatic rings. The van der Waals surface area contributed by atoms with Crippen molar-refractivity contribution in [2.75, 3.05) is 0 Å². The lowest BCUT2D eigenvalue weighted by Crippen LogP contribution is -2.17. The van der Waals surface area contributed by atoms with Crippen LogP contribution < -0.4 is 5.73 Å². The Morgan fingerprint density at radius 2 is 1.88 bits per heavy atom. The first-order valence-electron chi connectivity index (χ1n) is 3.63. The van der Waals surface area contributed by atoms with Crippen molar-refractivity contribution in [3.63, 3.8) is 0 Å². The Morgan fingerprint density at radius 3 is 2.00 bits per heavy atom. The van der Waals surface area contributed by atoms with Crippen molar-refractivity contribution in [2.24, 2.45) is 17.6 Å². The first-order valence-corrected chi connectivity index (χ1v) is 3.63. The fourth-order valence-electron chi connectivity index (χ4n) is 1.65. The molecule has 0 aromatic carbocycles. The summed E-state index contributed by atoms with van der Waals surface area (Å²) in [4.78, 5) is 0. The maximum Gasteiger partial charge on any atom is 0.00737 e. The Balaban J connectivity index is 1.82. The molecule has 0 aromatic heterocycles. The topological polar surface area (TPSA) is 26.0 Å². The molecule has 1 heteroatoms. The lowest BCUT2D eigenvalue weighted by atomic mass is 9.81. The van der Waals surface area contributed by atoms with Crippen LogP contribution >= 0.6 is 0 Å². The van der Waals surface area contributed by atoms with Crippen LogP contribution in [0.15, 0.2) is 0 Å². The maximum atomic E-state index is 5.68. The minimum Gasteiger partial charge on any atom is -0.327 e. The van der Waals surface area contributed by atoms with Crippen LogP contribution in [0.1, 0.15) is 25.7 Å². The summed E-state index contributed by atoms with van der Waals surface area (Å²) in [6.07, 6.45) is 5.73. The summed E-state index contributed by atoms with van der Waals surface area (Å²) in [5.41, 5.74) is 5.68. The molecular formula is C7H13N. The first kappa shape index (κ1) is 4.80. The number of nitrogens with two attached hydrogens (primary N) is 1. The van der Waals surface area contributed by atoms with Gasteiger partial charge in [0.25, 0.3) is 0 Å². The molecule has 46 valence electrons. The van der Waals surface area contributed by atoms with Crippen molar-refractivity contribution < 1.29 is 0 Å². The predicted octanol–water partition coefficient (Wildman–Crippen LogP) is 1.13. The second-order valence-corrected chi connectivity index (χ2v) is 3.25. The van der Waals surface area contributed by atoms with Gasteiger partial charge in [-0.1, -0.05) is 19.3 Å². The summed E-state index contributed by atoms with van der Waals surface area (Å²) < 4.78 is 0. The molecule has 0 saturated heterocycles. The van der Waals surface area contributed by atoms with E-state index in [9.17, 15) is 0 Å². The Kier molecular flexibility index (Phi) is 0.884. The van der Waals surface area contributed by atoms with E-state index in [2.05, 4.69) is 0 Å². The van der Waals surface area contributed by atoms with Crippen LogP contribution in [0.2, 0.25) is 0 Å². The van der Waals surface area contributed by atoms with Crippen LogP contribution in [0.5, 0.6) is 0 Å². The van der Waals surface area contributed by atoms with Gasteiger partial charge in [0.2, 0.25) is 0 Å². The molecule has 8 heavy (non-hydrogen) atoms. The molecular weight excluding hydrogens is 98.1 g/mol. The summed E-state index contributed by atoms with van der Waals surface area (Å²) >= 11 is 0. The van der Waals surface area contributed by atoms with Crippen molar-refractivity contribution in [2.45, 2.75) is 31.7 Å². The van der Waals surface area contributed by atoms with Gasteiger partial charge in [-0.2, -0.15) is 0 Å². The molecule has 0 radical (unpaired) electrons. The van der Waals surface area contributed by atoms with Crippen LogP contribution in [0.4, 0.5) is 0 Å². The summed E-state index contributed by atoms with van der Waals surface area (Å²) in [6.45, 7) is 0. The molecule has 0 amide bonds. The third-order valence-electron chi connectivity index (χ3n) is 2.65. The molecule has 0 heterocycles. The van der Waals surface area contributed by atoms with Crippen LogP contribution in [0.25, 0.3) is 0 Å². The fourth-order valence-corrected chi connectivity index (χ4v) is 1.65. The molecule has 2 N–H and O–H groups in total. The zero-order chi connectivity index (χ0) is 5.56. The highest BCUT2D eigenvalue weighted by molar-refractivity contribution is 4.97. The van der Waals surface area contributed by atoms with E-state index < -0.39 is 0 Å². The lowest BCUT2D eigenvalue weighted by molar-refractivity contribution is 0.273. The quantitative estimate of drug-likeness (QED) is 0.539. The molecule has 0 aliphatic heterocycles. The summed E-state index contributed by atoms with van der Waals surface area (Å²) in [6, 6.07) is 0.597. The molecule has 1 nitrogen and oxygen atoms in total. The summed E-state index contributed by atoms with van der Waals surface area (Å²) in [5, 5.41) is 0. The van der Waals surface area contributed by atoms with E-state index in [0.717, 1.165) is 11.8 Å². The lowest BCUT2D eigenvalue weighted by Gasteiger charge is -2.24. The van der Waals surface area contributed by atoms with E-state index in [4.69, 9.17) is 5.73 Å². The Bertz CT molecular complexity index is 93.8. The standard InChI is InChI=1S/C7H13N/c8-7-4-6(7)5-2-1-3-5/h5-7H,1-4,8H2. The van der Waals surface area contributed by atoms with Gasteiger partial charge in [-0.05, 0) is 18.3 Å². The van der Waals surface area contributed by atoms with Gasteiger partial charge in [-0.3, -0.25) is 0 Å². The average molecular weight is 111 g/mol. The van der Waals surface area contributed by atoms with E-state index in [1.165, 1.54) is 25.7 Å². The largest absolute Gasteiger partial charge is 0.327 e. The zero-order valence-corrected chi connectivity index (χ0v) is 5.14. The average Bonchev–Trinajstić information content (AvgIpc) is 2.13. The van der Waals surface area contributed by atoms with Gasteiger partial charge < -0.3 is 5.73 Å². The molecule has 2 fully saturated rings. The van der Waals surface area contributed by atoms with E-state index in [-0.39, 0.29) is 0 Å². The minimum atomic E-state index is 0.597. The van der Waals surface area contributed by atoms with Gasteiger partial charge >= 0.3 is 0 Å². The van der Waals surface area contributed by atoms with Gasteiger partial charge in [0, 0.05) is 6.04 Å². The fraction of sp³-hybridized carbons (Fsp3) is 1.00. The van der Waals surface area contributed by atoms with Gasteiger partial charge in [0.05, 0.1) is 0 Å². The van der Waals surface area contributed by atoms with Gasteiger partial charge in [0.15, 0.2) is 0 Å². The first-order chi connectivity index (χ1) is 3.88. The van der Waals surface area contributed by atoms with Crippen molar-refractivity contribution in [1.29, 1.82) is 0 Å². The van der Waals surface area contributed by atoms with E-state index in [0.29, 0.717) is 6.04 Å². The van der Waals surface area contributed by atoms with E-state index in [1.54, 1.807) is 0 Å². The maximum absolute atomic E-state index is 5.68. The molecule has 2 rings (SSSR count). The Labute approximate surface area is 50.3 Å². The summed E-state index contributed by atoms with van der Waals surface area (Å²) in [5.74, 6) is 1.99. The molecule has 2 atom stereocenters. The highest BCUT2D eigenvalue weighted by atomic mass is 14.8. The molecule has 0 spiro atoms. The van der Waals surface area contributed by atoms with Gasteiger partial charge in [0.1, 0.15) is 0 Å². The second kappa shape index (κ2) is 1.47. The Hall–Kier alpha value is -0.0400. The smallest absolute Gasteiger partial charge is 0.00737 e. The van der Waals surface area contributed by atoms with E-state index in [1.807, 2.05) is 0 Å². The van der Waals surface area contributed by atoms with Crippen LogP contribution in [-0.4, -0.2) is 6.04 Å².